The van der Waals surface area contributed by atoms with Gasteiger partial charge < -0.3 is 0 Å². The van der Waals surface area contributed by atoms with E-state index >= 15 is 0 Å². The molecule has 17 heavy (non-hydrogen) atoms. The third-order valence-electron chi connectivity index (χ3n) is 3.73. The molecule has 5 radical (unpaired) electrons. The van der Waals surface area contributed by atoms with Crippen molar-refractivity contribution in [3.05, 3.63) is 29.1 Å². The van der Waals surface area contributed by atoms with Gasteiger partial charge in [-0.2, -0.15) is 0 Å². The second kappa shape index (κ2) is 6.24. The molecule has 0 aromatic heterocycles. The molecular weight excluding hydrogens is 326 g/mol. The summed E-state index contributed by atoms with van der Waals surface area (Å²) in [6.45, 7) is 2.26. The second-order valence-corrected chi connectivity index (χ2v) is 8.80. The minimum atomic E-state index is -0.233. The molecule has 3 heteroatoms. The summed E-state index contributed by atoms with van der Waals surface area (Å²) in [5.74, 6) is 1.48. The average molecular weight is 348 g/mol. The zero-order chi connectivity index (χ0) is 12.4. The van der Waals surface area contributed by atoms with E-state index in [1.54, 1.807) is 3.97 Å². The Morgan fingerprint density at radius 1 is 1.35 bits per heavy atom. The Kier molecular flexibility index (Phi) is 5.18. The van der Waals surface area contributed by atoms with Gasteiger partial charge in [-0.15, -0.1) is 0 Å². The van der Waals surface area contributed by atoms with Gasteiger partial charge in [0.25, 0.3) is 0 Å². The standard InChI is InChI=1S/C14H22NOTe/c1-10(15(2)3)11-6-4-8-13(11)17-14-9-5-7-12(14)16/h4,6,8,10,12,14,16H,5,7,9H2,1-3H3/t10-,12+,14+/m0/s1. The molecule has 2 aliphatic carbocycles. The predicted molar refractivity (Wildman–Crippen MR) is 71.9 cm³/mol. The molecule has 0 unspecified atom stereocenters. The van der Waals surface area contributed by atoms with E-state index in [1.165, 1.54) is 18.8 Å². The van der Waals surface area contributed by atoms with Crippen LogP contribution in [0.3, 0.4) is 0 Å². The van der Waals surface area contributed by atoms with Crippen LogP contribution in [0.1, 0.15) is 26.2 Å². The van der Waals surface area contributed by atoms with Crippen LogP contribution in [0, 0.1) is 29.1 Å². The first kappa shape index (κ1) is 14.1. The summed E-state index contributed by atoms with van der Waals surface area (Å²) in [5.41, 5.74) is 0. The zero-order valence-electron chi connectivity index (χ0n) is 10.9. The molecule has 1 N–H and O–H groups in total. The van der Waals surface area contributed by atoms with Gasteiger partial charge in [0.2, 0.25) is 0 Å². The van der Waals surface area contributed by atoms with Crippen molar-refractivity contribution in [2.75, 3.05) is 14.1 Å². The van der Waals surface area contributed by atoms with Gasteiger partial charge in [-0.25, -0.2) is 0 Å². The summed E-state index contributed by atoms with van der Waals surface area (Å²) in [7, 11) is 4.26. The number of nitrogens with zero attached hydrogens (tertiary/aromatic N) is 1. The Morgan fingerprint density at radius 2 is 2.12 bits per heavy atom. The molecule has 0 bridgehead atoms. The predicted octanol–water partition coefficient (Wildman–Crippen LogP) is 1.71. The topological polar surface area (TPSA) is 23.5 Å². The molecule has 0 aromatic rings. The van der Waals surface area contributed by atoms with Crippen LogP contribution in [0.5, 0.6) is 0 Å². The number of aliphatic hydroxyl groups is 1. The van der Waals surface area contributed by atoms with Crippen LogP contribution < -0.4 is 0 Å². The molecule has 0 aromatic carbocycles. The molecule has 0 amide bonds. The van der Waals surface area contributed by atoms with E-state index in [4.69, 9.17) is 0 Å². The first-order valence-corrected chi connectivity index (χ1v) is 8.87. The summed E-state index contributed by atoms with van der Waals surface area (Å²) >= 11 is -0.233. The van der Waals surface area contributed by atoms with Crippen molar-refractivity contribution in [1.82, 2.24) is 4.90 Å². The van der Waals surface area contributed by atoms with Crippen LogP contribution in [-0.4, -0.2) is 57.2 Å². The average Bonchev–Trinajstić information content (AvgIpc) is 2.88. The Labute approximate surface area is 116 Å². The third-order valence-corrected chi connectivity index (χ3v) is 7.95. The van der Waals surface area contributed by atoms with Crippen molar-refractivity contribution in [1.29, 1.82) is 0 Å². The van der Waals surface area contributed by atoms with E-state index in [-0.39, 0.29) is 27.0 Å². The monoisotopic (exact) mass is 350 g/mol. The molecule has 0 heterocycles. The van der Waals surface area contributed by atoms with Crippen LogP contribution >= 0.6 is 0 Å². The van der Waals surface area contributed by atoms with Crippen molar-refractivity contribution >= 4 is 20.9 Å². The van der Waals surface area contributed by atoms with E-state index in [9.17, 15) is 5.11 Å². The second-order valence-electron chi connectivity index (χ2n) is 5.14. The van der Waals surface area contributed by atoms with Gasteiger partial charge in [0, 0.05) is 0 Å². The van der Waals surface area contributed by atoms with Gasteiger partial charge in [-0.1, -0.05) is 0 Å². The van der Waals surface area contributed by atoms with Gasteiger partial charge in [-0.3, -0.25) is 0 Å². The fourth-order valence-electron chi connectivity index (χ4n) is 2.36. The fraction of sp³-hybridized carbons (Fsp3) is 0.643. The van der Waals surface area contributed by atoms with E-state index in [0.29, 0.717) is 10.0 Å². The van der Waals surface area contributed by atoms with Gasteiger partial charge in [0.15, 0.2) is 0 Å². The van der Waals surface area contributed by atoms with Gasteiger partial charge in [-0.05, 0) is 0 Å². The SMILES string of the molecule is C[C@@H]([C]1[CH][CH][CH][C]1[Te][C@@H]1CCC[C@H]1O)N(C)C. The quantitative estimate of drug-likeness (QED) is 0.783. The molecule has 2 aliphatic rings. The van der Waals surface area contributed by atoms with Gasteiger partial charge >= 0.3 is 116 Å². The summed E-state index contributed by atoms with van der Waals surface area (Å²) in [5, 5.41) is 9.95. The molecule has 95 valence electrons. The Morgan fingerprint density at radius 3 is 2.71 bits per heavy atom. The third kappa shape index (κ3) is 3.38. The number of aliphatic hydroxyl groups excluding tert-OH is 1. The van der Waals surface area contributed by atoms with Crippen LogP contribution in [0.25, 0.3) is 0 Å². The molecule has 2 fully saturated rings. The molecule has 0 aliphatic heterocycles. The molecular formula is C14H22NOTe. The van der Waals surface area contributed by atoms with E-state index < -0.39 is 0 Å². The van der Waals surface area contributed by atoms with Gasteiger partial charge in [0.05, 0.1) is 0 Å². The summed E-state index contributed by atoms with van der Waals surface area (Å²) in [4.78, 5) is 2.26. The number of hydrogen-bond donors (Lipinski definition) is 1. The molecule has 2 rings (SSSR count). The van der Waals surface area contributed by atoms with Crippen molar-refractivity contribution in [3.8, 4) is 0 Å². The van der Waals surface area contributed by atoms with E-state index in [1.807, 2.05) is 0 Å². The Balaban J connectivity index is 1.90. The minimum absolute atomic E-state index is 0.0187. The first-order chi connectivity index (χ1) is 8.09. The molecule has 2 saturated carbocycles. The van der Waals surface area contributed by atoms with Crippen molar-refractivity contribution in [2.45, 2.75) is 42.3 Å². The maximum atomic E-state index is 9.95. The summed E-state index contributed by atoms with van der Waals surface area (Å²) in [6, 6.07) is 0.489. The van der Waals surface area contributed by atoms with Crippen LogP contribution in [-0.2, 0) is 0 Å². The van der Waals surface area contributed by atoms with Crippen LogP contribution in [0.15, 0.2) is 0 Å². The summed E-state index contributed by atoms with van der Waals surface area (Å²) in [6.07, 6.45) is 10.2. The molecule has 2 nitrogen and oxygen atoms in total. The number of rotatable bonds is 4. The molecule has 3 atom stereocenters. The van der Waals surface area contributed by atoms with Crippen LogP contribution in [0.2, 0.25) is 3.97 Å². The Bertz CT molecular complexity index is 246. The maximum absolute atomic E-state index is 9.95. The van der Waals surface area contributed by atoms with Crippen molar-refractivity contribution in [3.63, 3.8) is 0 Å². The van der Waals surface area contributed by atoms with Crippen molar-refractivity contribution in [2.24, 2.45) is 0 Å². The molecule has 0 spiro atoms. The first-order valence-electron chi connectivity index (χ1n) is 6.36. The van der Waals surface area contributed by atoms with Gasteiger partial charge in [0.1, 0.15) is 0 Å². The molecule has 0 saturated heterocycles. The van der Waals surface area contributed by atoms with E-state index in [2.05, 4.69) is 45.2 Å². The Hall–Kier alpha value is 0.710. The number of hydrogen-bond acceptors (Lipinski definition) is 2. The fourth-order valence-corrected chi connectivity index (χ4v) is 6.45. The van der Waals surface area contributed by atoms with E-state index in [0.717, 1.165) is 6.42 Å². The van der Waals surface area contributed by atoms with Crippen molar-refractivity contribution < 1.29 is 5.11 Å². The normalized spacial score (nSPS) is 33.7. The summed E-state index contributed by atoms with van der Waals surface area (Å²) < 4.78 is 2.17. The zero-order valence-corrected chi connectivity index (χ0v) is 13.2. The van der Waals surface area contributed by atoms with Crippen LogP contribution in [0.4, 0.5) is 0 Å².